The van der Waals surface area contributed by atoms with Crippen LogP contribution < -0.4 is 4.74 Å². The minimum absolute atomic E-state index is 0.0683. The monoisotopic (exact) mass is 685 g/mol. The molecular weight excluding hydrogens is 646 g/mol. The third kappa shape index (κ3) is 18.1. The number of nitrogens with zero attached hydrogens (tertiary/aromatic N) is 3. The Balaban J connectivity index is 2.76. The second-order valence-corrected chi connectivity index (χ2v) is 14.9. The average molecular weight is 686 g/mol. The maximum Gasteiger partial charge on any atom is 0.397 e. The molecule has 0 bridgehead atoms. The lowest BCUT2D eigenvalue weighted by Gasteiger charge is -2.18. The lowest BCUT2D eigenvalue weighted by molar-refractivity contribution is 0.0501. The van der Waals surface area contributed by atoms with Crippen LogP contribution >= 0.6 is 56.7 Å². The van der Waals surface area contributed by atoms with E-state index in [0.717, 1.165) is 48.4 Å². The van der Waals surface area contributed by atoms with E-state index >= 15 is 0 Å². The maximum atomic E-state index is 10.7. The average Bonchev–Trinajstić information content (AvgIpc) is 2.93. The lowest BCUT2D eigenvalue weighted by Crippen LogP contribution is -2.29. The topological polar surface area (TPSA) is 202 Å². The highest BCUT2D eigenvalue weighted by molar-refractivity contribution is 7.99. The number of aromatic nitrogens is 3. The first-order valence-corrected chi connectivity index (χ1v) is 18.9. The summed E-state index contributed by atoms with van der Waals surface area (Å²) in [4.78, 5) is 12.9. The zero-order valence-corrected chi connectivity index (χ0v) is 27.3. The highest BCUT2D eigenvalue weighted by Crippen LogP contribution is 2.37. The van der Waals surface area contributed by atoms with Crippen molar-refractivity contribution in [1.82, 2.24) is 15.0 Å². The first-order chi connectivity index (χ1) is 19.0. The maximum absolute atomic E-state index is 10.7. The standard InChI is InChI=1S/C21H40N3O10PS5/c1-32-5-2-8-35(10-4-7-34-40(29,30)31)9-3-6-33-19-22-20(38-13-17(27)15(25)11-36)24-21(23-19)39-14-18(28)16(26)12-37/h15-18,25-28,36-37H,2-14H2,1H3,(H,29,30,31). The molecule has 234 valence electrons. The van der Waals surface area contributed by atoms with Crippen LogP contribution in [0.3, 0.4) is 0 Å². The van der Waals surface area contributed by atoms with Crippen LogP contribution in [0.15, 0.2) is 10.3 Å². The van der Waals surface area contributed by atoms with Gasteiger partial charge in [0.15, 0.2) is 10.3 Å². The molecule has 1 aromatic heterocycles. The van der Waals surface area contributed by atoms with Crippen molar-refractivity contribution >= 4 is 67.1 Å². The third-order valence-corrected chi connectivity index (χ3v) is 11.1. The van der Waals surface area contributed by atoms with Crippen LogP contribution in [0.25, 0.3) is 0 Å². The van der Waals surface area contributed by atoms with Gasteiger partial charge in [0.2, 0.25) is 0 Å². The van der Waals surface area contributed by atoms with Crippen molar-refractivity contribution in [2.24, 2.45) is 0 Å². The summed E-state index contributed by atoms with van der Waals surface area (Å²) in [6.07, 6.45) is 0.534. The molecule has 0 saturated heterocycles. The number of methoxy groups -OCH3 is 1. The van der Waals surface area contributed by atoms with Crippen molar-refractivity contribution in [3.05, 3.63) is 0 Å². The van der Waals surface area contributed by atoms with Gasteiger partial charge in [-0.05, 0) is 37.7 Å². The Morgan fingerprint density at radius 1 is 0.800 bits per heavy atom. The molecule has 0 saturated carbocycles. The van der Waals surface area contributed by atoms with Crippen molar-refractivity contribution in [2.45, 2.75) is 54.0 Å². The molecule has 0 amide bonds. The highest BCUT2D eigenvalue weighted by Gasteiger charge is 2.19. The summed E-state index contributed by atoms with van der Waals surface area (Å²) in [5, 5.41) is 40.2. The molecule has 1 aromatic rings. The Morgan fingerprint density at radius 2 is 1.27 bits per heavy atom. The fraction of sp³-hybridized carbons (Fsp3) is 0.857. The van der Waals surface area contributed by atoms with Crippen LogP contribution in [0, 0.1) is 0 Å². The number of rotatable bonds is 24. The van der Waals surface area contributed by atoms with E-state index in [9.17, 15) is 28.8 Å². The normalized spacial score (nSPS) is 15.9. The number of hydrogen-bond donors (Lipinski definition) is 7. The van der Waals surface area contributed by atoms with E-state index in [1.807, 2.05) is 0 Å². The molecule has 1 heterocycles. The Hall–Kier alpha value is 0.310. The molecular formula is C21H40N3O10PS5. The second kappa shape index (κ2) is 21.9. The SMILES string of the molecule is COCCCP(CCCOc1nc(SCC(O)C(O)CS)nc(SCC(O)C(O)CS)n1)CCCOS(=O)(=O)O. The van der Waals surface area contributed by atoms with Gasteiger partial charge in [0, 0.05) is 36.7 Å². The van der Waals surface area contributed by atoms with Crippen molar-refractivity contribution in [2.75, 3.05) is 68.4 Å². The predicted octanol–water partition coefficient (Wildman–Crippen LogP) is 0.856. The van der Waals surface area contributed by atoms with Gasteiger partial charge in [-0.25, -0.2) is 4.18 Å². The van der Waals surface area contributed by atoms with E-state index in [2.05, 4.69) is 44.4 Å². The van der Waals surface area contributed by atoms with E-state index in [4.69, 9.17) is 14.0 Å². The molecule has 0 spiro atoms. The summed E-state index contributed by atoms with van der Waals surface area (Å²) in [5.41, 5.74) is 0. The zero-order chi connectivity index (χ0) is 30.0. The summed E-state index contributed by atoms with van der Waals surface area (Å²) in [6.45, 7) is 0.858. The first kappa shape index (κ1) is 38.3. The number of aliphatic hydroxyl groups excluding tert-OH is 4. The van der Waals surface area contributed by atoms with Crippen molar-refractivity contribution in [3.8, 4) is 6.01 Å². The number of aliphatic hydroxyl groups is 4. The lowest BCUT2D eigenvalue weighted by atomic mass is 10.3. The smallest absolute Gasteiger partial charge is 0.397 e. The van der Waals surface area contributed by atoms with Gasteiger partial charge in [0.1, 0.15) is 0 Å². The Bertz CT molecular complexity index is 889. The summed E-state index contributed by atoms with van der Waals surface area (Å²) in [5.74, 6) is 0.426. The van der Waals surface area contributed by atoms with Crippen LogP contribution in [0.2, 0.25) is 0 Å². The van der Waals surface area contributed by atoms with Crippen molar-refractivity contribution < 1.29 is 47.1 Å². The molecule has 5 atom stereocenters. The first-order valence-electron chi connectivity index (χ1n) is 12.4. The molecule has 0 aliphatic heterocycles. The van der Waals surface area contributed by atoms with Crippen molar-refractivity contribution in [1.29, 1.82) is 0 Å². The van der Waals surface area contributed by atoms with Crippen LogP contribution in [-0.4, -0.2) is 141 Å². The highest BCUT2D eigenvalue weighted by atomic mass is 32.3. The van der Waals surface area contributed by atoms with E-state index in [-0.39, 0.29) is 45.9 Å². The predicted molar refractivity (Wildman–Crippen MR) is 163 cm³/mol. The van der Waals surface area contributed by atoms with Gasteiger partial charge in [0.05, 0.1) is 37.6 Å². The quantitative estimate of drug-likeness (QED) is 0.0265. The number of thioether (sulfide) groups is 2. The van der Waals surface area contributed by atoms with E-state index in [1.54, 1.807) is 7.11 Å². The minimum atomic E-state index is -4.45. The van der Waals surface area contributed by atoms with Gasteiger partial charge in [-0.1, -0.05) is 23.5 Å². The van der Waals surface area contributed by atoms with Gasteiger partial charge in [-0.2, -0.15) is 48.6 Å². The summed E-state index contributed by atoms with van der Waals surface area (Å²) in [6, 6.07) is 0.0683. The van der Waals surface area contributed by atoms with Gasteiger partial charge >= 0.3 is 16.4 Å². The van der Waals surface area contributed by atoms with Crippen LogP contribution in [-0.2, 0) is 19.3 Å². The Kier molecular flexibility index (Phi) is 21.0. The number of ether oxygens (including phenoxy) is 2. The van der Waals surface area contributed by atoms with E-state index in [1.165, 1.54) is 0 Å². The van der Waals surface area contributed by atoms with Crippen LogP contribution in [0.1, 0.15) is 19.3 Å². The fourth-order valence-corrected chi connectivity index (χ4v) is 7.92. The molecule has 0 fully saturated rings. The van der Waals surface area contributed by atoms with Gasteiger partial charge in [0.25, 0.3) is 0 Å². The third-order valence-electron chi connectivity index (χ3n) is 5.13. The molecule has 40 heavy (non-hydrogen) atoms. The molecule has 19 heteroatoms. The van der Waals surface area contributed by atoms with E-state index < -0.39 is 42.7 Å². The van der Waals surface area contributed by atoms with Gasteiger partial charge in [-0.3, -0.25) is 4.55 Å². The molecule has 0 aromatic carbocycles. The summed E-state index contributed by atoms with van der Waals surface area (Å²) < 4.78 is 45.6. The molecule has 1 rings (SSSR count). The Labute approximate surface area is 256 Å². The zero-order valence-electron chi connectivity index (χ0n) is 22.2. The van der Waals surface area contributed by atoms with Gasteiger partial charge < -0.3 is 29.9 Å². The van der Waals surface area contributed by atoms with Crippen molar-refractivity contribution in [3.63, 3.8) is 0 Å². The van der Waals surface area contributed by atoms with Crippen LogP contribution in [0.5, 0.6) is 6.01 Å². The molecule has 5 unspecified atom stereocenters. The van der Waals surface area contributed by atoms with Gasteiger partial charge in [-0.15, -0.1) is 7.92 Å². The van der Waals surface area contributed by atoms with E-state index in [0.29, 0.717) is 26.1 Å². The second-order valence-electron chi connectivity index (χ2n) is 8.43. The molecule has 0 radical (unpaired) electrons. The molecule has 0 aliphatic rings. The Morgan fingerprint density at radius 3 is 1.73 bits per heavy atom. The molecule has 5 N–H and O–H groups in total. The largest absolute Gasteiger partial charge is 0.463 e. The summed E-state index contributed by atoms with van der Waals surface area (Å²) in [7, 11) is -3.26. The molecule has 13 nitrogen and oxygen atoms in total. The fourth-order valence-electron chi connectivity index (χ4n) is 2.97. The number of thiol groups is 2. The molecule has 0 aliphatic carbocycles. The van der Waals surface area contributed by atoms with Crippen LogP contribution in [0.4, 0.5) is 0 Å². The minimum Gasteiger partial charge on any atom is -0.463 e. The number of hydrogen-bond acceptors (Lipinski definition) is 16. The summed E-state index contributed by atoms with van der Waals surface area (Å²) >= 11 is 10.2.